The zero-order valence-electron chi connectivity index (χ0n) is 20.5. The van der Waals surface area contributed by atoms with Crippen molar-refractivity contribution >= 4 is 23.7 Å². The summed E-state index contributed by atoms with van der Waals surface area (Å²) in [5.74, 6) is -0.957. The maximum atomic E-state index is 12.5. The summed E-state index contributed by atoms with van der Waals surface area (Å²) in [4.78, 5) is 52.1. The molecule has 8 nitrogen and oxygen atoms in total. The van der Waals surface area contributed by atoms with Crippen molar-refractivity contribution < 1.29 is 23.9 Å². The first-order chi connectivity index (χ1) is 15.5. The van der Waals surface area contributed by atoms with Gasteiger partial charge in [0.25, 0.3) is 5.91 Å². The molecule has 0 saturated carbocycles. The average molecular weight is 460 g/mol. The fourth-order valence-electron chi connectivity index (χ4n) is 3.71. The summed E-state index contributed by atoms with van der Waals surface area (Å²) in [6.45, 7) is 9.60. The first-order valence-electron chi connectivity index (χ1n) is 11.6. The fraction of sp³-hybridized carbons (Fsp3) is 0.600. The Kier molecular flexibility index (Phi) is 9.44. The standard InChI is InChI=1S/C25H37N3O5/c1-6-33-24(32)19-12-15-28(16-13-19)22(30)17-27(5)21(29)11-14-26-23(31)18-7-9-20(10-8-18)25(2,3)4/h7-10,19H,6,11-17H2,1-5H3,(H,26,31). The van der Waals surface area contributed by atoms with Crippen LogP contribution in [0.1, 0.15) is 62.9 Å². The predicted molar refractivity (Wildman–Crippen MR) is 126 cm³/mol. The van der Waals surface area contributed by atoms with Crippen LogP contribution < -0.4 is 5.32 Å². The number of esters is 1. The molecule has 0 radical (unpaired) electrons. The number of ether oxygens (including phenoxy) is 1. The molecule has 0 bridgehead atoms. The minimum atomic E-state index is -0.230. The molecular formula is C25H37N3O5. The molecule has 8 heteroatoms. The van der Waals surface area contributed by atoms with Crippen LogP contribution in [0.3, 0.4) is 0 Å². The van der Waals surface area contributed by atoms with Crippen LogP contribution in [0, 0.1) is 5.92 Å². The molecule has 1 aromatic carbocycles. The van der Waals surface area contributed by atoms with Crippen molar-refractivity contribution in [2.45, 2.75) is 52.4 Å². The van der Waals surface area contributed by atoms with E-state index in [2.05, 4.69) is 26.1 Å². The highest BCUT2D eigenvalue weighted by Gasteiger charge is 2.29. The molecule has 2 rings (SSSR count). The fourth-order valence-corrected chi connectivity index (χ4v) is 3.71. The van der Waals surface area contributed by atoms with E-state index < -0.39 is 0 Å². The van der Waals surface area contributed by atoms with E-state index in [1.807, 2.05) is 12.1 Å². The molecule has 0 spiro atoms. The lowest BCUT2D eigenvalue weighted by Crippen LogP contribution is -2.46. The summed E-state index contributed by atoms with van der Waals surface area (Å²) in [5, 5.41) is 2.76. The van der Waals surface area contributed by atoms with E-state index in [4.69, 9.17) is 4.74 Å². The monoisotopic (exact) mass is 459 g/mol. The van der Waals surface area contributed by atoms with Crippen LogP contribution in [-0.4, -0.2) is 73.3 Å². The number of hydrogen-bond acceptors (Lipinski definition) is 5. The third-order valence-electron chi connectivity index (χ3n) is 5.90. The second-order valence-electron chi connectivity index (χ2n) is 9.49. The molecule has 0 unspecified atom stereocenters. The molecule has 1 N–H and O–H groups in total. The zero-order valence-corrected chi connectivity index (χ0v) is 20.5. The Morgan fingerprint density at radius 1 is 1.09 bits per heavy atom. The van der Waals surface area contributed by atoms with Gasteiger partial charge in [-0.3, -0.25) is 19.2 Å². The number of rotatable bonds is 8. The highest BCUT2D eigenvalue weighted by molar-refractivity contribution is 5.94. The molecule has 1 aliphatic heterocycles. The van der Waals surface area contributed by atoms with Gasteiger partial charge in [-0.2, -0.15) is 0 Å². The van der Waals surface area contributed by atoms with E-state index in [0.717, 1.165) is 5.56 Å². The molecule has 1 aromatic rings. The van der Waals surface area contributed by atoms with Gasteiger partial charge in [0, 0.05) is 38.7 Å². The van der Waals surface area contributed by atoms with Crippen molar-refractivity contribution in [3.05, 3.63) is 35.4 Å². The molecule has 1 fully saturated rings. The number of benzene rings is 1. The van der Waals surface area contributed by atoms with Crippen molar-refractivity contribution in [3.63, 3.8) is 0 Å². The van der Waals surface area contributed by atoms with Gasteiger partial charge in [-0.15, -0.1) is 0 Å². The number of nitrogens with zero attached hydrogens (tertiary/aromatic N) is 2. The Balaban J connectivity index is 1.72. The Labute approximate surface area is 196 Å². The maximum absolute atomic E-state index is 12.5. The number of carbonyl (C=O) groups is 4. The minimum Gasteiger partial charge on any atom is -0.466 e. The summed E-state index contributed by atoms with van der Waals surface area (Å²) in [6, 6.07) is 7.45. The Bertz CT molecular complexity index is 837. The highest BCUT2D eigenvalue weighted by Crippen LogP contribution is 2.22. The number of likely N-dealkylation sites (N-methyl/N-ethyl adjacent to an activating group) is 1. The summed E-state index contributed by atoms with van der Waals surface area (Å²) < 4.78 is 5.05. The van der Waals surface area contributed by atoms with Crippen LogP contribution >= 0.6 is 0 Å². The molecule has 3 amide bonds. The molecule has 0 aliphatic carbocycles. The number of nitrogens with one attached hydrogen (secondary N) is 1. The summed E-state index contributed by atoms with van der Waals surface area (Å²) >= 11 is 0. The maximum Gasteiger partial charge on any atom is 0.309 e. The largest absolute Gasteiger partial charge is 0.466 e. The van der Waals surface area contributed by atoms with Crippen molar-refractivity contribution in [3.8, 4) is 0 Å². The summed E-state index contributed by atoms with van der Waals surface area (Å²) in [7, 11) is 1.58. The van der Waals surface area contributed by atoms with Crippen LogP contribution in [0.25, 0.3) is 0 Å². The van der Waals surface area contributed by atoms with E-state index in [9.17, 15) is 19.2 Å². The molecule has 0 atom stereocenters. The zero-order chi connectivity index (χ0) is 24.6. The van der Waals surface area contributed by atoms with Crippen molar-refractivity contribution in [1.82, 2.24) is 15.1 Å². The van der Waals surface area contributed by atoms with Crippen LogP contribution in [0.4, 0.5) is 0 Å². The van der Waals surface area contributed by atoms with Gasteiger partial charge in [0.15, 0.2) is 0 Å². The van der Waals surface area contributed by atoms with Crippen molar-refractivity contribution in [2.75, 3.05) is 39.8 Å². The first kappa shape index (κ1) is 26.4. The van der Waals surface area contributed by atoms with Gasteiger partial charge in [-0.25, -0.2) is 0 Å². The highest BCUT2D eigenvalue weighted by atomic mass is 16.5. The normalized spacial score (nSPS) is 14.5. The lowest BCUT2D eigenvalue weighted by Gasteiger charge is -2.32. The lowest BCUT2D eigenvalue weighted by atomic mass is 9.87. The number of hydrogen-bond donors (Lipinski definition) is 1. The predicted octanol–water partition coefficient (Wildman–Crippen LogP) is 2.36. The molecule has 1 aliphatic rings. The smallest absolute Gasteiger partial charge is 0.309 e. The van der Waals surface area contributed by atoms with Gasteiger partial charge in [-0.05, 0) is 42.9 Å². The third-order valence-corrected chi connectivity index (χ3v) is 5.90. The van der Waals surface area contributed by atoms with E-state index in [-0.39, 0.29) is 54.5 Å². The Hall–Kier alpha value is -2.90. The van der Waals surface area contributed by atoms with Gasteiger partial charge in [0.1, 0.15) is 0 Å². The number of carbonyl (C=O) groups excluding carboxylic acids is 4. The first-order valence-corrected chi connectivity index (χ1v) is 11.6. The molecule has 1 heterocycles. The molecular weight excluding hydrogens is 422 g/mol. The minimum absolute atomic E-state index is 0.0141. The third kappa shape index (κ3) is 7.87. The van der Waals surface area contributed by atoms with E-state index in [1.54, 1.807) is 31.0 Å². The van der Waals surface area contributed by atoms with Gasteiger partial charge in [0.2, 0.25) is 11.8 Å². The van der Waals surface area contributed by atoms with Crippen molar-refractivity contribution in [2.24, 2.45) is 5.92 Å². The topological polar surface area (TPSA) is 96.0 Å². The molecule has 1 saturated heterocycles. The second-order valence-corrected chi connectivity index (χ2v) is 9.49. The summed E-state index contributed by atoms with van der Waals surface area (Å²) in [6.07, 6.45) is 1.26. The van der Waals surface area contributed by atoms with Gasteiger partial charge >= 0.3 is 5.97 Å². The second kappa shape index (κ2) is 11.8. The molecule has 182 valence electrons. The summed E-state index contributed by atoms with van der Waals surface area (Å²) in [5.41, 5.74) is 1.70. The molecule has 33 heavy (non-hydrogen) atoms. The van der Waals surface area contributed by atoms with Crippen LogP contribution in [0.5, 0.6) is 0 Å². The van der Waals surface area contributed by atoms with E-state index >= 15 is 0 Å². The Morgan fingerprint density at radius 3 is 2.24 bits per heavy atom. The van der Waals surface area contributed by atoms with Gasteiger partial charge in [-0.1, -0.05) is 32.9 Å². The number of amides is 3. The van der Waals surface area contributed by atoms with Gasteiger partial charge in [0.05, 0.1) is 19.1 Å². The van der Waals surface area contributed by atoms with E-state index in [0.29, 0.717) is 38.1 Å². The number of likely N-dealkylation sites (tertiary alicyclic amines) is 1. The van der Waals surface area contributed by atoms with Crippen LogP contribution in [-0.2, 0) is 24.5 Å². The quantitative estimate of drug-likeness (QED) is 0.602. The lowest BCUT2D eigenvalue weighted by molar-refractivity contribution is -0.151. The SMILES string of the molecule is CCOC(=O)C1CCN(C(=O)CN(C)C(=O)CCNC(=O)c2ccc(C(C)(C)C)cc2)CC1. The van der Waals surface area contributed by atoms with Crippen LogP contribution in [0.15, 0.2) is 24.3 Å². The van der Waals surface area contributed by atoms with E-state index in [1.165, 1.54) is 4.90 Å². The van der Waals surface area contributed by atoms with Gasteiger partial charge < -0.3 is 19.9 Å². The van der Waals surface area contributed by atoms with Crippen molar-refractivity contribution in [1.29, 1.82) is 0 Å². The Morgan fingerprint density at radius 2 is 1.70 bits per heavy atom. The average Bonchev–Trinajstić information content (AvgIpc) is 2.78. The van der Waals surface area contributed by atoms with Crippen LogP contribution in [0.2, 0.25) is 0 Å². The molecule has 0 aromatic heterocycles. The number of piperidine rings is 1.